The maximum atomic E-state index is 12.7. The van der Waals surface area contributed by atoms with Crippen molar-refractivity contribution in [1.82, 2.24) is 14.9 Å². The summed E-state index contributed by atoms with van der Waals surface area (Å²) in [6.07, 6.45) is 1.60. The normalized spacial score (nSPS) is 15.5. The molecule has 0 unspecified atom stereocenters. The van der Waals surface area contributed by atoms with Gasteiger partial charge in [0.2, 0.25) is 0 Å². The molecular weight excluding hydrogens is 394 g/mol. The van der Waals surface area contributed by atoms with Crippen LogP contribution in [0.25, 0.3) is 11.3 Å². The number of anilines is 2. The first-order chi connectivity index (χ1) is 15.3. The summed E-state index contributed by atoms with van der Waals surface area (Å²) in [5, 5.41) is 2.95. The summed E-state index contributed by atoms with van der Waals surface area (Å²) in [5.74, 6) is 2.24. The quantitative estimate of drug-likeness (QED) is 0.705. The van der Waals surface area contributed by atoms with Gasteiger partial charge in [-0.25, -0.2) is 14.8 Å². The van der Waals surface area contributed by atoms with Gasteiger partial charge in [-0.15, -0.1) is 0 Å². The molecule has 0 atom stereocenters. The highest BCUT2D eigenvalue weighted by molar-refractivity contribution is 5.90. The Balaban J connectivity index is 1.20. The number of benzene rings is 2. The zero-order chi connectivity index (χ0) is 21.0. The van der Waals surface area contributed by atoms with Crippen LogP contribution in [0.15, 0.2) is 60.9 Å². The molecule has 3 heterocycles. The fourth-order valence-electron chi connectivity index (χ4n) is 3.75. The van der Waals surface area contributed by atoms with Gasteiger partial charge in [0.1, 0.15) is 25.4 Å². The third kappa shape index (κ3) is 4.23. The molecule has 0 bridgehead atoms. The molecule has 2 aliphatic heterocycles. The van der Waals surface area contributed by atoms with Gasteiger partial charge >= 0.3 is 6.03 Å². The van der Waals surface area contributed by atoms with Crippen LogP contribution in [0, 0.1) is 0 Å². The first-order valence-corrected chi connectivity index (χ1v) is 10.3. The van der Waals surface area contributed by atoms with Crippen molar-refractivity contribution in [3.05, 3.63) is 60.9 Å². The Bertz CT molecular complexity index is 1070. The van der Waals surface area contributed by atoms with Gasteiger partial charge in [-0.2, -0.15) is 0 Å². The molecule has 5 rings (SSSR count). The Kier molecular flexibility index (Phi) is 5.26. The lowest BCUT2D eigenvalue weighted by Crippen LogP contribution is -2.50. The van der Waals surface area contributed by atoms with Crippen LogP contribution in [0.1, 0.15) is 0 Å². The van der Waals surface area contributed by atoms with Crippen LogP contribution in [-0.2, 0) is 0 Å². The lowest BCUT2D eigenvalue weighted by Gasteiger charge is -2.35. The Hall–Kier alpha value is -3.81. The van der Waals surface area contributed by atoms with Crippen molar-refractivity contribution in [2.45, 2.75) is 0 Å². The molecule has 1 N–H and O–H groups in total. The zero-order valence-electron chi connectivity index (χ0n) is 17.0. The minimum absolute atomic E-state index is 0.121. The average molecular weight is 417 g/mol. The Labute approximate surface area is 180 Å². The van der Waals surface area contributed by atoms with Crippen LogP contribution in [-0.4, -0.2) is 60.3 Å². The van der Waals surface area contributed by atoms with E-state index in [1.165, 1.54) is 0 Å². The van der Waals surface area contributed by atoms with E-state index in [4.69, 9.17) is 9.47 Å². The van der Waals surface area contributed by atoms with E-state index in [1.54, 1.807) is 12.4 Å². The maximum Gasteiger partial charge on any atom is 0.321 e. The van der Waals surface area contributed by atoms with E-state index in [-0.39, 0.29) is 6.03 Å². The summed E-state index contributed by atoms with van der Waals surface area (Å²) < 4.78 is 11.1. The van der Waals surface area contributed by atoms with E-state index in [2.05, 4.69) is 20.2 Å². The maximum absolute atomic E-state index is 12.7. The van der Waals surface area contributed by atoms with Crippen LogP contribution < -0.4 is 19.7 Å². The zero-order valence-corrected chi connectivity index (χ0v) is 17.0. The summed E-state index contributed by atoms with van der Waals surface area (Å²) in [7, 11) is 0. The smallest absolute Gasteiger partial charge is 0.321 e. The van der Waals surface area contributed by atoms with Crippen molar-refractivity contribution in [2.75, 3.05) is 49.6 Å². The van der Waals surface area contributed by atoms with E-state index in [9.17, 15) is 4.79 Å². The highest BCUT2D eigenvalue weighted by Gasteiger charge is 2.23. The van der Waals surface area contributed by atoms with Crippen LogP contribution in [0.4, 0.5) is 16.3 Å². The topological polar surface area (TPSA) is 79.8 Å². The molecule has 0 radical (unpaired) electrons. The third-order valence-corrected chi connectivity index (χ3v) is 5.41. The largest absolute Gasteiger partial charge is 0.486 e. The molecule has 0 saturated carbocycles. The Morgan fingerprint density at radius 3 is 2.45 bits per heavy atom. The fraction of sp³-hybridized carbons (Fsp3) is 0.261. The molecule has 2 aliphatic rings. The second kappa shape index (κ2) is 8.51. The summed E-state index contributed by atoms with van der Waals surface area (Å²) in [6, 6.07) is 17.4. The van der Waals surface area contributed by atoms with Crippen LogP contribution in [0.5, 0.6) is 11.5 Å². The number of amides is 2. The molecule has 3 aromatic rings. The van der Waals surface area contributed by atoms with Gasteiger partial charge in [0.25, 0.3) is 0 Å². The number of urea groups is 1. The van der Waals surface area contributed by atoms with Gasteiger partial charge < -0.3 is 24.6 Å². The highest BCUT2D eigenvalue weighted by Crippen LogP contribution is 2.32. The molecule has 8 heteroatoms. The monoisotopic (exact) mass is 417 g/mol. The lowest BCUT2D eigenvalue weighted by atomic mass is 10.1. The van der Waals surface area contributed by atoms with E-state index in [0.717, 1.165) is 17.1 Å². The number of carbonyl (C=O) groups is 1. The van der Waals surface area contributed by atoms with Gasteiger partial charge in [-0.1, -0.05) is 30.3 Å². The fourth-order valence-corrected chi connectivity index (χ4v) is 3.75. The lowest BCUT2D eigenvalue weighted by molar-refractivity contribution is 0.171. The molecule has 31 heavy (non-hydrogen) atoms. The third-order valence-electron chi connectivity index (χ3n) is 5.41. The molecule has 2 amide bonds. The van der Waals surface area contributed by atoms with Gasteiger partial charge in [0, 0.05) is 49.6 Å². The van der Waals surface area contributed by atoms with Crippen LogP contribution >= 0.6 is 0 Å². The van der Waals surface area contributed by atoms with Crippen LogP contribution in [0.2, 0.25) is 0 Å². The van der Waals surface area contributed by atoms with Crippen molar-refractivity contribution in [3.63, 3.8) is 0 Å². The van der Waals surface area contributed by atoms with E-state index in [0.29, 0.717) is 56.6 Å². The molecule has 1 fully saturated rings. The van der Waals surface area contributed by atoms with Crippen molar-refractivity contribution in [1.29, 1.82) is 0 Å². The highest BCUT2D eigenvalue weighted by atomic mass is 16.6. The number of hydrogen-bond acceptors (Lipinski definition) is 6. The van der Waals surface area contributed by atoms with E-state index in [1.807, 2.05) is 53.4 Å². The second-order valence-corrected chi connectivity index (χ2v) is 7.39. The number of fused-ring (bicyclic) bond motifs is 1. The number of ether oxygens (including phenoxy) is 2. The van der Waals surface area contributed by atoms with Crippen molar-refractivity contribution in [2.24, 2.45) is 0 Å². The molecular formula is C23H23N5O3. The predicted octanol–water partition coefficient (Wildman–Crippen LogP) is 3.27. The molecule has 1 saturated heterocycles. The summed E-state index contributed by atoms with van der Waals surface area (Å²) in [5.41, 5.74) is 2.65. The van der Waals surface area contributed by atoms with Crippen molar-refractivity contribution in [3.8, 4) is 22.8 Å². The molecule has 0 aliphatic carbocycles. The number of nitrogens with one attached hydrogen (secondary N) is 1. The average Bonchev–Trinajstić information content (AvgIpc) is 2.85. The summed E-state index contributed by atoms with van der Waals surface area (Å²) >= 11 is 0. The first-order valence-electron chi connectivity index (χ1n) is 10.3. The number of piperazine rings is 1. The SMILES string of the molecule is O=C(Nc1ccc2c(c1)OCCO2)N1CCN(c2cc(-c3ccccc3)ncn2)CC1. The Morgan fingerprint density at radius 1 is 0.871 bits per heavy atom. The number of rotatable bonds is 3. The molecule has 158 valence electrons. The van der Waals surface area contributed by atoms with Crippen LogP contribution in [0.3, 0.4) is 0 Å². The van der Waals surface area contributed by atoms with Crippen molar-refractivity contribution < 1.29 is 14.3 Å². The minimum atomic E-state index is -0.121. The van der Waals surface area contributed by atoms with Gasteiger partial charge in [-0.05, 0) is 12.1 Å². The second-order valence-electron chi connectivity index (χ2n) is 7.39. The molecule has 0 spiro atoms. The van der Waals surface area contributed by atoms with Gasteiger partial charge in [0.15, 0.2) is 11.5 Å². The Morgan fingerprint density at radius 2 is 1.65 bits per heavy atom. The van der Waals surface area contributed by atoms with Gasteiger partial charge in [-0.3, -0.25) is 0 Å². The number of nitrogens with zero attached hydrogens (tertiary/aromatic N) is 4. The van der Waals surface area contributed by atoms with E-state index >= 15 is 0 Å². The molecule has 1 aromatic heterocycles. The number of hydrogen-bond donors (Lipinski definition) is 1. The standard InChI is InChI=1S/C23H23N5O3/c29-23(26-18-6-7-20-21(14-18)31-13-12-30-20)28-10-8-27(9-11-28)22-15-19(24-16-25-22)17-4-2-1-3-5-17/h1-7,14-16H,8-13H2,(H,26,29). The number of aromatic nitrogens is 2. The molecule has 2 aromatic carbocycles. The summed E-state index contributed by atoms with van der Waals surface area (Å²) in [6.45, 7) is 3.70. The van der Waals surface area contributed by atoms with Gasteiger partial charge in [0.05, 0.1) is 5.69 Å². The minimum Gasteiger partial charge on any atom is -0.486 e. The number of carbonyl (C=O) groups excluding carboxylic acids is 1. The van der Waals surface area contributed by atoms with Crippen molar-refractivity contribution >= 4 is 17.5 Å². The molecule has 8 nitrogen and oxygen atoms in total. The predicted molar refractivity (Wildman–Crippen MR) is 118 cm³/mol. The first kappa shape index (κ1) is 19.2. The van der Waals surface area contributed by atoms with E-state index < -0.39 is 0 Å². The summed E-state index contributed by atoms with van der Waals surface area (Å²) in [4.78, 5) is 25.5.